The van der Waals surface area contributed by atoms with Crippen LogP contribution in [0.25, 0.3) is 16.6 Å². The summed E-state index contributed by atoms with van der Waals surface area (Å²) in [5.74, 6) is 1.71. The van der Waals surface area contributed by atoms with Crippen molar-refractivity contribution in [3.63, 3.8) is 0 Å². The number of amides is 1. The van der Waals surface area contributed by atoms with Gasteiger partial charge in [0, 0.05) is 30.3 Å². The molecule has 12 nitrogen and oxygen atoms in total. The maximum absolute atomic E-state index is 12.0. The Bertz CT molecular complexity index is 1640. The number of hydrogen-bond acceptors (Lipinski definition) is 10. The molecule has 5 rings (SSSR count). The molecule has 0 atom stereocenters. The van der Waals surface area contributed by atoms with Crippen LogP contribution in [0.1, 0.15) is 5.56 Å². The number of benzene rings is 2. The molecule has 0 spiro atoms. The summed E-state index contributed by atoms with van der Waals surface area (Å²) in [5, 5.41) is 14.7. The molecule has 3 aromatic heterocycles. The minimum atomic E-state index is -0.365. The molecule has 2 aromatic carbocycles. The second-order valence-electron chi connectivity index (χ2n) is 8.15. The fourth-order valence-electron chi connectivity index (χ4n) is 3.68. The van der Waals surface area contributed by atoms with Gasteiger partial charge in [-0.25, -0.2) is 15.0 Å². The van der Waals surface area contributed by atoms with E-state index in [1.54, 1.807) is 42.4 Å². The van der Waals surface area contributed by atoms with Crippen LogP contribution in [0.3, 0.4) is 0 Å². The first-order chi connectivity index (χ1) is 18.5. The van der Waals surface area contributed by atoms with Crippen LogP contribution in [0, 0.1) is 6.92 Å². The molecule has 1 amide bonds. The smallest absolute Gasteiger partial charge is 0.247 e. The van der Waals surface area contributed by atoms with E-state index in [2.05, 4.69) is 42.4 Å². The number of fused-ring (bicyclic) bond motifs is 2. The summed E-state index contributed by atoms with van der Waals surface area (Å²) in [6, 6.07) is 10.9. The first kappa shape index (κ1) is 24.6. The molecule has 0 saturated heterocycles. The Hall–Kier alpha value is -5.10. The molecule has 0 bridgehead atoms. The minimum Gasteiger partial charge on any atom is -0.489 e. The van der Waals surface area contributed by atoms with Crippen molar-refractivity contribution in [2.75, 3.05) is 31.0 Å². The average Bonchev–Trinajstić information content (AvgIpc) is 3.39. The van der Waals surface area contributed by atoms with Gasteiger partial charge in [0.15, 0.2) is 5.65 Å². The van der Waals surface area contributed by atoms with Crippen LogP contribution in [0.2, 0.25) is 0 Å². The van der Waals surface area contributed by atoms with E-state index in [-0.39, 0.29) is 5.91 Å². The Kier molecular flexibility index (Phi) is 7.04. The summed E-state index contributed by atoms with van der Waals surface area (Å²) in [6.45, 7) is 6.16. The highest BCUT2D eigenvalue weighted by atomic mass is 16.5. The van der Waals surface area contributed by atoms with Gasteiger partial charge in [0.05, 0.1) is 17.8 Å². The van der Waals surface area contributed by atoms with E-state index in [0.29, 0.717) is 58.6 Å². The Morgan fingerprint density at radius 2 is 1.97 bits per heavy atom. The highest BCUT2D eigenvalue weighted by molar-refractivity contribution is 6.03. The standard InChI is InChI=1S/C26H24N8O4/c1-4-24(35)32-20-10-18-19(11-22(20)37-8-7-36-3)27-13-28-26(18)31-17-5-6-21(16(2)9-17)38-25-12-23-33-30-15-34(23)14-29-25/h4-6,9-15H,1,7-8H2,2-3H3,(H,32,35)(H,27,28,31). The van der Waals surface area contributed by atoms with Crippen LogP contribution in [0.5, 0.6) is 17.4 Å². The normalized spacial score (nSPS) is 10.9. The van der Waals surface area contributed by atoms with Crippen molar-refractivity contribution in [2.45, 2.75) is 6.92 Å². The van der Waals surface area contributed by atoms with Crippen LogP contribution in [0.15, 0.2) is 68.0 Å². The number of nitrogens with one attached hydrogen (secondary N) is 2. The van der Waals surface area contributed by atoms with Crippen molar-refractivity contribution < 1.29 is 19.0 Å². The third kappa shape index (κ3) is 5.34. The number of methoxy groups -OCH3 is 1. The van der Waals surface area contributed by atoms with Gasteiger partial charge in [0.25, 0.3) is 0 Å². The van der Waals surface area contributed by atoms with Gasteiger partial charge in [-0.2, -0.15) is 0 Å². The Morgan fingerprint density at radius 3 is 2.79 bits per heavy atom. The fraction of sp³-hybridized carbons (Fsp3) is 0.154. The molecule has 38 heavy (non-hydrogen) atoms. The van der Waals surface area contributed by atoms with Crippen LogP contribution < -0.4 is 20.1 Å². The highest BCUT2D eigenvalue weighted by Gasteiger charge is 2.14. The van der Waals surface area contributed by atoms with E-state index in [1.807, 2.05) is 25.1 Å². The zero-order chi connectivity index (χ0) is 26.5. The van der Waals surface area contributed by atoms with Crippen molar-refractivity contribution >= 4 is 39.6 Å². The van der Waals surface area contributed by atoms with Crippen molar-refractivity contribution in [1.29, 1.82) is 0 Å². The molecule has 2 N–H and O–H groups in total. The summed E-state index contributed by atoms with van der Waals surface area (Å²) in [5.41, 5.74) is 3.40. The summed E-state index contributed by atoms with van der Waals surface area (Å²) in [4.78, 5) is 25.1. The number of carbonyl (C=O) groups is 1. The van der Waals surface area contributed by atoms with Crippen LogP contribution in [0.4, 0.5) is 17.2 Å². The summed E-state index contributed by atoms with van der Waals surface area (Å²) in [7, 11) is 1.59. The quantitative estimate of drug-likeness (QED) is 0.208. The minimum absolute atomic E-state index is 0.311. The summed E-state index contributed by atoms with van der Waals surface area (Å²) >= 11 is 0. The number of hydrogen-bond donors (Lipinski definition) is 2. The lowest BCUT2D eigenvalue weighted by Gasteiger charge is -2.15. The van der Waals surface area contributed by atoms with Crippen molar-refractivity contribution in [1.82, 2.24) is 29.5 Å². The van der Waals surface area contributed by atoms with Gasteiger partial charge in [-0.1, -0.05) is 6.58 Å². The molecule has 3 heterocycles. The molecular weight excluding hydrogens is 488 g/mol. The van der Waals surface area contributed by atoms with E-state index < -0.39 is 0 Å². The second kappa shape index (κ2) is 10.9. The lowest BCUT2D eigenvalue weighted by Crippen LogP contribution is -2.11. The molecule has 0 aliphatic rings. The number of ether oxygens (including phenoxy) is 3. The van der Waals surface area contributed by atoms with Crippen molar-refractivity contribution in [2.24, 2.45) is 0 Å². The third-order valence-corrected chi connectivity index (χ3v) is 5.54. The van der Waals surface area contributed by atoms with Gasteiger partial charge >= 0.3 is 0 Å². The zero-order valence-corrected chi connectivity index (χ0v) is 20.7. The molecule has 5 aromatic rings. The largest absolute Gasteiger partial charge is 0.489 e. The summed E-state index contributed by atoms with van der Waals surface area (Å²) in [6.07, 6.45) is 5.81. The lowest BCUT2D eigenvalue weighted by molar-refractivity contribution is -0.111. The van der Waals surface area contributed by atoms with E-state index >= 15 is 0 Å². The SMILES string of the molecule is C=CC(=O)Nc1cc2c(Nc3ccc(Oc4cc5nncn5cn4)c(C)c3)ncnc2cc1OCCOC. The zero-order valence-electron chi connectivity index (χ0n) is 20.7. The van der Waals surface area contributed by atoms with Crippen LogP contribution >= 0.6 is 0 Å². The molecule has 0 aliphatic heterocycles. The van der Waals surface area contributed by atoms with Crippen molar-refractivity contribution in [3.05, 3.63) is 73.6 Å². The number of carbonyl (C=O) groups excluding carboxylic acids is 1. The predicted octanol–water partition coefficient (Wildman–Crippen LogP) is 4.06. The van der Waals surface area contributed by atoms with Gasteiger partial charge in [-0.3, -0.25) is 9.20 Å². The third-order valence-electron chi connectivity index (χ3n) is 5.54. The molecule has 192 valence electrons. The fourth-order valence-corrected chi connectivity index (χ4v) is 3.68. The molecule has 0 aliphatic carbocycles. The van der Waals surface area contributed by atoms with Gasteiger partial charge in [-0.15, -0.1) is 10.2 Å². The van der Waals surface area contributed by atoms with Crippen LogP contribution in [-0.2, 0) is 9.53 Å². The van der Waals surface area contributed by atoms with E-state index in [0.717, 1.165) is 11.3 Å². The van der Waals surface area contributed by atoms with Crippen LogP contribution in [-0.4, -0.2) is 55.8 Å². The van der Waals surface area contributed by atoms with Gasteiger partial charge in [-0.05, 0) is 42.8 Å². The summed E-state index contributed by atoms with van der Waals surface area (Å²) < 4.78 is 18.5. The number of nitrogens with zero attached hydrogens (tertiary/aromatic N) is 6. The first-order valence-electron chi connectivity index (χ1n) is 11.6. The lowest BCUT2D eigenvalue weighted by atomic mass is 10.1. The molecule has 12 heteroatoms. The van der Waals surface area contributed by atoms with Gasteiger partial charge in [0.2, 0.25) is 11.8 Å². The molecule has 0 radical (unpaired) electrons. The van der Waals surface area contributed by atoms with E-state index in [9.17, 15) is 4.79 Å². The maximum Gasteiger partial charge on any atom is 0.247 e. The number of anilines is 3. The molecule has 0 saturated carbocycles. The van der Waals surface area contributed by atoms with Crippen molar-refractivity contribution in [3.8, 4) is 17.4 Å². The van der Waals surface area contributed by atoms with Gasteiger partial charge in [0.1, 0.15) is 42.9 Å². The monoisotopic (exact) mass is 512 g/mol. The highest BCUT2D eigenvalue weighted by Crippen LogP contribution is 2.34. The number of aryl methyl sites for hydroxylation is 1. The predicted molar refractivity (Wildman–Crippen MR) is 141 cm³/mol. The topological polar surface area (TPSA) is 138 Å². The average molecular weight is 513 g/mol. The first-order valence-corrected chi connectivity index (χ1v) is 11.6. The maximum atomic E-state index is 12.0. The van der Waals surface area contributed by atoms with E-state index in [4.69, 9.17) is 14.2 Å². The Morgan fingerprint density at radius 1 is 1.08 bits per heavy atom. The van der Waals surface area contributed by atoms with Gasteiger partial charge < -0.3 is 24.8 Å². The molecule has 0 unspecified atom stereocenters. The number of rotatable bonds is 10. The molecular formula is C26H24N8O4. The van der Waals surface area contributed by atoms with E-state index in [1.165, 1.54) is 12.4 Å². The second-order valence-corrected chi connectivity index (χ2v) is 8.15. The Labute approximate surface area is 217 Å². The number of aromatic nitrogens is 6. The molecule has 0 fully saturated rings. The Balaban J connectivity index is 1.41.